The summed E-state index contributed by atoms with van der Waals surface area (Å²) in [6.45, 7) is 3.85. The second-order valence-corrected chi connectivity index (χ2v) is 9.14. The van der Waals surface area contributed by atoms with Gasteiger partial charge in [-0.1, -0.05) is 36.4 Å². The van der Waals surface area contributed by atoms with E-state index in [4.69, 9.17) is 4.74 Å². The first-order valence-electron chi connectivity index (χ1n) is 12.3. The van der Waals surface area contributed by atoms with Gasteiger partial charge in [-0.2, -0.15) is 0 Å². The van der Waals surface area contributed by atoms with Crippen LogP contribution in [0, 0.1) is 6.92 Å². The third-order valence-corrected chi connectivity index (χ3v) is 6.86. The van der Waals surface area contributed by atoms with Crippen molar-refractivity contribution in [1.82, 2.24) is 19.8 Å². The molecule has 7 nitrogen and oxygen atoms in total. The number of rotatable bonds is 7. The summed E-state index contributed by atoms with van der Waals surface area (Å²) < 4.78 is 7.59. The highest BCUT2D eigenvalue weighted by atomic mass is 16.5. The summed E-state index contributed by atoms with van der Waals surface area (Å²) in [5.74, 6) is 0.713. The van der Waals surface area contributed by atoms with Crippen LogP contribution in [0.1, 0.15) is 39.3 Å². The fourth-order valence-electron chi connectivity index (χ4n) is 4.84. The van der Waals surface area contributed by atoms with Gasteiger partial charge >= 0.3 is 0 Å². The minimum Gasteiger partial charge on any atom is -0.493 e. The van der Waals surface area contributed by atoms with Gasteiger partial charge in [-0.05, 0) is 54.3 Å². The van der Waals surface area contributed by atoms with E-state index < -0.39 is 0 Å². The van der Waals surface area contributed by atoms with Gasteiger partial charge in [-0.15, -0.1) is 0 Å². The topological polar surface area (TPSA) is 76.5 Å². The van der Waals surface area contributed by atoms with E-state index in [-0.39, 0.29) is 18.2 Å². The molecule has 5 rings (SSSR count). The molecule has 2 aromatic carbocycles. The summed E-state index contributed by atoms with van der Waals surface area (Å²) >= 11 is 0. The largest absolute Gasteiger partial charge is 0.493 e. The molecule has 0 saturated heterocycles. The van der Waals surface area contributed by atoms with Gasteiger partial charge in [0.1, 0.15) is 11.4 Å². The summed E-state index contributed by atoms with van der Waals surface area (Å²) in [6.07, 6.45) is 2.88. The van der Waals surface area contributed by atoms with E-state index in [9.17, 15) is 9.59 Å². The highest BCUT2D eigenvalue weighted by molar-refractivity contribution is 5.98. The standard InChI is InChI=1S/C29H30N4O3/c1-20-25(18-31-28(34)13-15-36-23-9-4-3-5-10-23)24-12-14-33(19-22(24)17-30-20)29(35)27-16-21-8-6-7-11-26(21)32(27)2/h3-11,16-17H,12-15,18-19H2,1-2H3,(H,31,34). The van der Waals surface area contributed by atoms with E-state index in [1.165, 1.54) is 5.56 Å². The molecule has 0 fully saturated rings. The zero-order valence-electron chi connectivity index (χ0n) is 20.7. The van der Waals surface area contributed by atoms with E-state index >= 15 is 0 Å². The molecular weight excluding hydrogens is 452 g/mol. The first kappa shape index (κ1) is 23.6. The number of pyridine rings is 1. The third-order valence-electron chi connectivity index (χ3n) is 6.86. The van der Waals surface area contributed by atoms with E-state index in [1.807, 2.05) is 90.3 Å². The summed E-state index contributed by atoms with van der Waals surface area (Å²) in [5, 5.41) is 4.08. The van der Waals surface area contributed by atoms with Crippen molar-refractivity contribution in [3.63, 3.8) is 0 Å². The number of carbonyl (C=O) groups excluding carboxylic acids is 2. The molecule has 36 heavy (non-hydrogen) atoms. The van der Waals surface area contributed by atoms with E-state index in [2.05, 4.69) is 10.3 Å². The van der Waals surface area contributed by atoms with Gasteiger partial charge in [0.2, 0.25) is 5.91 Å². The number of hydrogen-bond acceptors (Lipinski definition) is 4. The Kier molecular flexibility index (Phi) is 6.71. The lowest BCUT2D eigenvalue weighted by Crippen LogP contribution is -2.38. The molecule has 1 N–H and O–H groups in total. The zero-order chi connectivity index (χ0) is 25.1. The van der Waals surface area contributed by atoms with Crippen LogP contribution in [0.4, 0.5) is 0 Å². The van der Waals surface area contributed by atoms with Crippen LogP contribution in [0.25, 0.3) is 10.9 Å². The normalized spacial score (nSPS) is 12.9. The van der Waals surface area contributed by atoms with Crippen molar-refractivity contribution in [3.05, 3.63) is 94.9 Å². The molecule has 0 bridgehead atoms. The van der Waals surface area contributed by atoms with E-state index in [0.29, 0.717) is 31.9 Å². The Bertz CT molecular complexity index is 1410. The molecule has 2 amide bonds. The van der Waals surface area contributed by atoms with Crippen LogP contribution < -0.4 is 10.1 Å². The van der Waals surface area contributed by atoms with Crippen LogP contribution in [0.15, 0.2) is 66.9 Å². The number of hydrogen-bond donors (Lipinski definition) is 1. The average molecular weight is 483 g/mol. The number of aromatic nitrogens is 2. The maximum atomic E-state index is 13.4. The fourth-order valence-corrected chi connectivity index (χ4v) is 4.84. The number of amides is 2. The van der Waals surface area contributed by atoms with E-state index in [0.717, 1.165) is 39.9 Å². The molecule has 1 aliphatic rings. The van der Waals surface area contributed by atoms with Crippen LogP contribution in [0.5, 0.6) is 5.75 Å². The molecule has 1 aliphatic heterocycles. The van der Waals surface area contributed by atoms with Gasteiger partial charge in [0.25, 0.3) is 5.91 Å². The fraction of sp³-hybridized carbons (Fsp3) is 0.276. The number of aryl methyl sites for hydroxylation is 2. The maximum absolute atomic E-state index is 13.4. The SMILES string of the molecule is Cc1ncc2c(c1CNC(=O)CCOc1ccccc1)CCN(C(=O)c1cc3ccccc3n1C)C2. The van der Waals surface area contributed by atoms with Crippen molar-refractivity contribution in [2.45, 2.75) is 32.9 Å². The van der Waals surface area contributed by atoms with Crippen LogP contribution in [-0.2, 0) is 31.4 Å². The van der Waals surface area contributed by atoms with Crippen molar-refractivity contribution >= 4 is 22.7 Å². The Morgan fingerprint density at radius 1 is 1.08 bits per heavy atom. The number of para-hydroxylation sites is 2. The van der Waals surface area contributed by atoms with Gasteiger partial charge in [-0.25, -0.2) is 0 Å². The van der Waals surface area contributed by atoms with Crippen molar-refractivity contribution in [3.8, 4) is 5.75 Å². The van der Waals surface area contributed by atoms with Crippen molar-refractivity contribution in [2.75, 3.05) is 13.2 Å². The van der Waals surface area contributed by atoms with Crippen molar-refractivity contribution in [2.24, 2.45) is 7.05 Å². The number of fused-ring (bicyclic) bond motifs is 2. The number of carbonyl (C=O) groups is 2. The first-order valence-corrected chi connectivity index (χ1v) is 12.3. The van der Waals surface area contributed by atoms with Crippen LogP contribution >= 0.6 is 0 Å². The van der Waals surface area contributed by atoms with Gasteiger partial charge in [0, 0.05) is 49.5 Å². The van der Waals surface area contributed by atoms with Crippen molar-refractivity contribution < 1.29 is 14.3 Å². The summed E-state index contributed by atoms with van der Waals surface area (Å²) in [4.78, 5) is 32.3. The highest BCUT2D eigenvalue weighted by Crippen LogP contribution is 2.26. The predicted molar refractivity (Wildman–Crippen MR) is 139 cm³/mol. The number of nitrogens with zero attached hydrogens (tertiary/aromatic N) is 3. The molecule has 2 aromatic heterocycles. The lowest BCUT2D eigenvalue weighted by atomic mass is 9.94. The summed E-state index contributed by atoms with van der Waals surface area (Å²) in [5.41, 5.74) is 5.90. The molecule has 0 aliphatic carbocycles. The van der Waals surface area contributed by atoms with Gasteiger partial charge in [0.05, 0.1) is 13.0 Å². The Morgan fingerprint density at radius 2 is 1.86 bits per heavy atom. The summed E-state index contributed by atoms with van der Waals surface area (Å²) in [7, 11) is 1.93. The predicted octanol–water partition coefficient (Wildman–Crippen LogP) is 4.17. The molecule has 0 spiro atoms. The van der Waals surface area contributed by atoms with Crippen LogP contribution in [0.2, 0.25) is 0 Å². The number of ether oxygens (including phenoxy) is 1. The summed E-state index contributed by atoms with van der Waals surface area (Å²) in [6, 6.07) is 19.5. The average Bonchev–Trinajstić information content (AvgIpc) is 3.24. The molecule has 4 aromatic rings. The number of benzene rings is 2. The Balaban J connectivity index is 1.23. The first-order chi connectivity index (χ1) is 17.5. The lowest BCUT2D eigenvalue weighted by Gasteiger charge is -2.30. The molecule has 7 heteroatoms. The highest BCUT2D eigenvalue weighted by Gasteiger charge is 2.26. The molecule has 0 radical (unpaired) electrons. The minimum atomic E-state index is -0.0636. The van der Waals surface area contributed by atoms with Crippen LogP contribution in [-0.4, -0.2) is 39.4 Å². The molecule has 3 heterocycles. The second-order valence-electron chi connectivity index (χ2n) is 9.14. The number of nitrogens with one attached hydrogen (secondary N) is 1. The Morgan fingerprint density at radius 3 is 2.67 bits per heavy atom. The van der Waals surface area contributed by atoms with Crippen LogP contribution in [0.3, 0.4) is 0 Å². The quantitative estimate of drug-likeness (QED) is 0.429. The van der Waals surface area contributed by atoms with Gasteiger partial charge in [-0.3, -0.25) is 14.6 Å². The second kappa shape index (κ2) is 10.2. The third kappa shape index (κ3) is 4.82. The molecule has 0 atom stereocenters. The van der Waals surface area contributed by atoms with Gasteiger partial charge < -0.3 is 19.5 Å². The molecule has 184 valence electrons. The molecular formula is C29H30N4O3. The molecule has 0 saturated carbocycles. The van der Waals surface area contributed by atoms with Gasteiger partial charge in [0.15, 0.2) is 0 Å². The maximum Gasteiger partial charge on any atom is 0.270 e. The van der Waals surface area contributed by atoms with Crippen molar-refractivity contribution in [1.29, 1.82) is 0 Å². The Labute approximate surface area is 210 Å². The monoisotopic (exact) mass is 482 g/mol. The molecule has 0 unspecified atom stereocenters. The minimum absolute atomic E-state index is 0.0215. The zero-order valence-corrected chi connectivity index (χ0v) is 20.7. The lowest BCUT2D eigenvalue weighted by molar-refractivity contribution is -0.121. The smallest absolute Gasteiger partial charge is 0.270 e. The van der Waals surface area contributed by atoms with E-state index in [1.54, 1.807) is 0 Å². The Hall–Kier alpha value is -4.13.